The zero-order valence-electron chi connectivity index (χ0n) is 24.6. The van der Waals surface area contributed by atoms with Crippen LogP contribution in [0.1, 0.15) is 50.7 Å². The number of aromatic amines is 1. The number of hydrogen-bond acceptors (Lipinski definition) is 5. The van der Waals surface area contributed by atoms with E-state index in [0.29, 0.717) is 6.42 Å². The fraction of sp³-hybridized carbons (Fsp3) is 0.394. The minimum atomic E-state index is -1.40. The molecule has 4 atom stereocenters. The summed E-state index contributed by atoms with van der Waals surface area (Å²) in [7, 11) is 0. The number of H-pyrrole nitrogens is 1. The van der Waals surface area contributed by atoms with Crippen LogP contribution in [0, 0.1) is 5.92 Å². The number of para-hydroxylation sites is 1. The van der Waals surface area contributed by atoms with Crippen molar-refractivity contribution in [2.75, 3.05) is 6.54 Å². The highest BCUT2D eigenvalue weighted by atomic mass is 16.6. The molecule has 1 fully saturated rings. The molecule has 1 heterocycles. The third-order valence-electron chi connectivity index (χ3n) is 7.95. The number of amides is 3. The Kier molecular flexibility index (Phi) is 10.6. The van der Waals surface area contributed by atoms with Gasteiger partial charge in [-0.2, -0.15) is 0 Å². The molecule has 4 rings (SSSR count). The number of nitrogens with one attached hydrogen (secondary N) is 4. The van der Waals surface area contributed by atoms with Gasteiger partial charge in [0.2, 0.25) is 11.8 Å². The molecule has 0 aliphatic heterocycles. The Hall–Kier alpha value is -4.60. The molecule has 0 spiro atoms. The van der Waals surface area contributed by atoms with E-state index in [1.165, 1.54) is 0 Å². The molecule has 1 unspecified atom stereocenters. The van der Waals surface area contributed by atoms with Crippen LogP contribution in [-0.2, 0) is 32.0 Å². The van der Waals surface area contributed by atoms with Crippen LogP contribution in [0.3, 0.4) is 0 Å². The summed E-state index contributed by atoms with van der Waals surface area (Å²) in [5.74, 6) is -2.04. The molecule has 228 valence electrons. The lowest BCUT2D eigenvalue weighted by Crippen LogP contribution is -2.61. The smallest absolute Gasteiger partial charge is 0.408 e. The van der Waals surface area contributed by atoms with Gasteiger partial charge in [-0.05, 0) is 55.7 Å². The number of carboxylic acids is 1. The van der Waals surface area contributed by atoms with Crippen LogP contribution >= 0.6 is 0 Å². The van der Waals surface area contributed by atoms with Crippen molar-refractivity contribution in [1.29, 1.82) is 0 Å². The second kappa shape index (κ2) is 14.5. The molecule has 2 aromatic carbocycles. The van der Waals surface area contributed by atoms with Crippen molar-refractivity contribution in [2.45, 2.75) is 70.1 Å². The minimum Gasteiger partial charge on any atom is -0.478 e. The standard InChI is InChI=1S/C33H40N4O6/c1-22-10-6-9-15-28(22)43-32(42)37-33(2,19-24-20-34-27-14-8-7-13-26(24)27)31(41)36-25(18-23-11-4-3-5-12-23)21-35-29(38)16-17-30(39)40/h3-5,7-8,11-14,16-17,20,22,25,28,34H,6,9-10,15,18-19,21H2,1-2H3,(H,35,38)(H,36,41)(H,37,42)(H,39,40)/b17-16+/t22-,25+,28?,33-/m1/s1. The molecule has 1 aromatic heterocycles. The molecule has 0 bridgehead atoms. The summed E-state index contributed by atoms with van der Waals surface area (Å²) in [6, 6.07) is 16.7. The molecule has 3 amide bonds. The van der Waals surface area contributed by atoms with Crippen molar-refractivity contribution < 1.29 is 29.0 Å². The fourth-order valence-electron chi connectivity index (χ4n) is 5.54. The van der Waals surface area contributed by atoms with Crippen LogP contribution in [0.25, 0.3) is 10.9 Å². The Morgan fingerprint density at radius 3 is 2.51 bits per heavy atom. The predicted octanol–water partition coefficient (Wildman–Crippen LogP) is 4.26. The van der Waals surface area contributed by atoms with Crippen molar-refractivity contribution >= 4 is 34.8 Å². The maximum atomic E-state index is 14.1. The van der Waals surface area contributed by atoms with Crippen LogP contribution in [-0.4, -0.2) is 58.2 Å². The van der Waals surface area contributed by atoms with E-state index in [2.05, 4.69) is 27.9 Å². The van der Waals surface area contributed by atoms with E-state index in [1.54, 1.807) is 6.92 Å². The summed E-state index contributed by atoms with van der Waals surface area (Å²) in [6.45, 7) is 3.78. The van der Waals surface area contributed by atoms with Gasteiger partial charge < -0.3 is 30.8 Å². The quantitative estimate of drug-likeness (QED) is 0.200. The van der Waals surface area contributed by atoms with Crippen molar-refractivity contribution in [3.05, 3.63) is 84.1 Å². The van der Waals surface area contributed by atoms with Gasteiger partial charge in [0.05, 0.1) is 6.04 Å². The number of ether oxygens (including phenoxy) is 1. The average molecular weight is 589 g/mol. The van der Waals surface area contributed by atoms with Gasteiger partial charge in [0.25, 0.3) is 0 Å². The van der Waals surface area contributed by atoms with E-state index >= 15 is 0 Å². The van der Waals surface area contributed by atoms with Crippen molar-refractivity contribution in [2.24, 2.45) is 5.92 Å². The van der Waals surface area contributed by atoms with E-state index in [9.17, 15) is 19.2 Å². The highest BCUT2D eigenvalue weighted by molar-refractivity contribution is 5.94. The lowest BCUT2D eigenvalue weighted by molar-refractivity contribution is -0.131. The summed E-state index contributed by atoms with van der Waals surface area (Å²) < 4.78 is 5.83. The highest BCUT2D eigenvalue weighted by Gasteiger charge is 2.38. The summed E-state index contributed by atoms with van der Waals surface area (Å²) in [5.41, 5.74) is 1.30. The maximum absolute atomic E-state index is 14.1. The first-order valence-electron chi connectivity index (χ1n) is 14.7. The van der Waals surface area contributed by atoms with Gasteiger partial charge in [-0.25, -0.2) is 9.59 Å². The van der Waals surface area contributed by atoms with Gasteiger partial charge in [0, 0.05) is 42.2 Å². The molecule has 5 N–H and O–H groups in total. The highest BCUT2D eigenvalue weighted by Crippen LogP contribution is 2.27. The van der Waals surface area contributed by atoms with Crippen LogP contribution in [0.4, 0.5) is 4.79 Å². The molecule has 43 heavy (non-hydrogen) atoms. The molecule has 1 saturated carbocycles. The Morgan fingerprint density at radius 2 is 1.77 bits per heavy atom. The molecule has 1 aliphatic rings. The number of aliphatic carboxylic acids is 1. The largest absolute Gasteiger partial charge is 0.478 e. The topological polar surface area (TPSA) is 150 Å². The average Bonchev–Trinajstić information content (AvgIpc) is 3.38. The number of rotatable bonds is 12. The second-order valence-electron chi connectivity index (χ2n) is 11.5. The lowest BCUT2D eigenvalue weighted by atomic mass is 9.88. The number of fused-ring (bicyclic) bond motifs is 1. The van der Waals surface area contributed by atoms with Crippen molar-refractivity contribution in [3.63, 3.8) is 0 Å². The fourth-order valence-corrected chi connectivity index (χ4v) is 5.54. The van der Waals surface area contributed by atoms with Gasteiger partial charge in [-0.15, -0.1) is 0 Å². The molecule has 0 radical (unpaired) electrons. The summed E-state index contributed by atoms with van der Waals surface area (Å²) in [6.07, 6.45) is 7.09. The third kappa shape index (κ3) is 8.94. The van der Waals surface area contributed by atoms with E-state index in [0.717, 1.165) is 59.9 Å². The van der Waals surface area contributed by atoms with Crippen LogP contribution in [0.2, 0.25) is 0 Å². The SMILES string of the molecule is C[C@@H]1CCCCC1OC(=O)N[C@](C)(Cc1c[nH]c2ccccc12)C(=O)N[C@H](CNC(=O)/C=C/C(=O)O)Cc1ccccc1. The molecular weight excluding hydrogens is 548 g/mol. The predicted molar refractivity (Wildman–Crippen MR) is 163 cm³/mol. The third-order valence-corrected chi connectivity index (χ3v) is 7.95. The number of carboxylic acid groups (broad SMARTS) is 1. The van der Waals surface area contributed by atoms with Crippen molar-refractivity contribution in [1.82, 2.24) is 20.9 Å². The summed E-state index contributed by atoms with van der Waals surface area (Å²) in [5, 5.41) is 18.3. The van der Waals surface area contributed by atoms with Gasteiger partial charge in [-0.1, -0.05) is 61.9 Å². The van der Waals surface area contributed by atoms with E-state index in [4.69, 9.17) is 9.84 Å². The summed E-state index contributed by atoms with van der Waals surface area (Å²) >= 11 is 0. The van der Waals surface area contributed by atoms with Crippen LogP contribution in [0.5, 0.6) is 0 Å². The summed E-state index contributed by atoms with van der Waals surface area (Å²) in [4.78, 5) is 53.6. The Bertz CT molecular complexity index is 1450. The zero-order valence-corrected chi connectivity index (χ0v) is 24.6. The Balaban J connectivity index is 1.56. The molecule has 0 saturated heterocycles. The first-order valence-corrected chi connectivity index (χ1v) is 14.7. The molecule has 1 aliphatic carbocycles. The Labute approximate surface area is 251 Å². The van der Waals surface area contributed by atoms with E-state index in [1.807, 2.05) is 60.8 Å². The van der Waals surface area contributed by atoms with Crippen molar-refractivity contribution in [3.8, 4) is 0 Å². The number of aromatic nitrogens is 1. The number of benzene rings is 2. The number of hydrogen-bond donors (Lipinski definition) is 5. The second-order valence-corrected chi connectivity index (χ2v) is 11.5. The first-order chi connectivity index (χ1) is 20.6. The molecular formula is C33H40N4O6. The zero-order chi connectivity index (χ0) is 30.8. The normalized spacial score (nSPS) is 18.8. The monoisotopic (exact) mass is 588 g/mol. The van der Waals surface area contributed by atoms with E-state index in [-0.39, 0.29) is 25.0 Å². The minimum absolute atomic E-state index is 0.0383. The van der Waals surface area contributed by atoms with Gasteiger partial charge >= 0.3 is 12.1 Å². The molecule has 3 aromatic rings. The molecule has 10 heteroatoms. The lowest BCUT2D eigenvalue weighted by Gasteiger charge is -2.34. The number of carbonyl (C=O) groups excluding carboxylic acids is 3. The number of alkyl carbamates (subject to hydrolysis) is 1. The van der Waals surface area contributed by atoms with Gasteiger partial charge in [0.15, 0.2) is 0 Å². The molecule has 10 nitrogen and oxygen atoms in total. The van der Waals surface area contributed by atoms with Gasteiger partial charge in [-0.3, -0.25) is 9.59 Å². The van der Waals surface area contributed by atoms with Gasteiger partial charge in [0.1, 0.15) is 11.6 Å². The Morgan fingerprint density at radius 1 is 1.05 bits per heavy atom. The number of carbonyl (C=O) groups is 4. The maximum Gasteiger partial charge on any atom is 0.408 e. The van der Waals surface area contributed by atoms with Crippen LogP contribution in [0.15, 0.2) is 72.9 Å². The van der Waals surface area contributed by atoms with Crippen LogP contribution < -0.4 is 16.0 Å². The first kappa shape index (κ1) is 31.3. The van der Waals surface area contributed by atoms with E-state index < -0.39 is 35.5 Å².